The van der Waals surface area contributed by atoms with Gasteiger partial charge in [-0.25, -0.2) is 14.6 Å². The number of thiazole rings is 1. The first-order chi connectivity index (χ1) is 12.6. The number of hydrogen-bond acceptors (Lipinski definition) is 6. The minimum Gasteiger partial charge on any atom is -0.478 e. The summed E-state index contributed by atoms with van der Waals surface area (Å²) in [6.45, 7) is 0. The highest BCUT2D eigenvalue weighted by Gasteiger charge is 2.12. The van der Waals surface area contributed by atoms with Crippen LogP contribution in [0.1, 0.15) is 10.4 Å². The summed E-state index contributed by atoms with van der Waals surface area (Å²) in [7, 11) is 0. The largest absolute Gasteiger partial charge is 0.478 e. The second-order valence-corrected chi connectivity index (χ2v) is 6.39. The van der Waals surface area contributed by atoms with Gasteiger partial charge in [0.25, 0.3) is 0 Å². The van der Waals surface area contributed by atoms with Gasteiger partial charge in [-0.05, 0) is 36.4 Å². The van der Waals surface area contributed by atoms with Gasteiger partial charge >= 0.3 is 11.6 Å². The van der Waals surface area contributed by atoms with Crippen LogP contribution in [0.5, 0.6) is 0 Å². The van der Waals surface area contributed by atoms with Gasteiger partial charge in [0.05, 0.1) is 16.8 Å². The maximum absolute atomic E-state index is 12.2. The van der Waals surface area contributed by atoms with Gasteiger partial charge in [-0.2, -0.15) is 0 Å². The molecular formula is C19H12N2O4S. The molecule has 7 heteroatoms. The van der Waals surface area contributed by atoms with Crippen molar-refractivity contribution in [3.63, 3.8) is 0 Å². The van der Waals surface area contributed by atoms with E-state index >= 15 is 0 Å². The number of nitrogens with one attached hydrogen (secondary N) is 1. The summed E-state index contributed by atoms with van der Waals surface area (Å²) in [5, 5.41) is 15.2. The Morgan fingerprint density at radius 3 is 2.65 bits per heavy atom. The lowest BCUT2D eigenvalue weighted by Gasteiger charge is -2.03. The first-order valence-electron chi connectivity index (χ1n) is 7.69. The van der Waals surface area contributed by atoms with Gasteiger partial charge in [0.15, 0.2) is 5.13 Å². The van der Waals surface area contributed by atoms with Crippen molar-refractivity contribution in [3.8, 4) is 11.3 Å². The molecule has 4 aromatic rings. The Morgan fingerprint density at radius 2 is 1.88 bits per heavy atom. The van der Waals surface area contributed by atoms with Gasteiger partial charge in [-0.3, -0.25) is 0 Å². The average Bonchev–Trinajstić information content (AvgIpc) is 3.10. The van der Waals surface area contributed by atoms with Crippen LogP contribution in [-0.4, -0.2) is 16.1 Å². The van der Waals surface area contributed by atoms with Crippen molar-refractivity contribution in [2.45, 2.75) is 0 Å². The predicted molar refractivity (Wildman–Crippen MR) is 100 cm³/mol. The summed E-state index contributed by atoms with van der Waals surface area (Å²) in [5.74, 6) is -0.976. The minimum atomic E-state index is -0.976. The minimum absolute atomic E-state index is 0.212. The van der Waals surface area contributed by atoms with Crippen molar-refractivity contribution in [2.75, 3.05) is 5.32 Å². The molecule has 128 valence electrons. The maximum Gasteiger partial charge on any atom is 0.345 e. The summed E-state index contributed by atoms with van der Waals surface area (Å²) in [4.78, 5) is 27.5. The first kappa shape index (κ1) is 16.0. The summed E-state index contributed by atoms with van der Waals surface area (Å²) >= 11 is 1.34. The molecule has 4 rings (SSSR count). The first-order valence-corrected chi connectivity index (χ1v) is 8.57. The van der Waals surface area contributed by atoms with E-state index in [9.17, 15) is 9.59 Å². The lowest BCUT2D eigenvalue weighted by molar-refractivity contribution is 0.0697. The number of rotatable bonds is 4. The van der Waals surface area contributed by atoms with E-state index < -0.39 is 11.6 Å². The molecule has 0 saturated carbocycles. The van der Waals surface area contributed by atoms with Crippen LogP contribution in [0.15, 0.2) is 69.2 Å². The quantitative estimate of drug-likeness (QED) is 0.523. The molecule has 26 heavy (non-hydrogen) atoms. The van der Waals surface area contributed by atoms with E-state index in [1.165, 1.54) is 23.5 Å². The maximum atomic E-state index is 12.2. The van der Waals surface area contributed by atoms with Crippen LogP contribution in [0.25, 0.3) is 22.2 Å². The lowest BCUT2D eigenvalue weighted by atomic mass is 10.1. The third kappa shape index (κ3) is 3.07. The predicted octanol–water partition coefficient (Wildman–Crippen LogP) is 4.36. The Morgan fingerprint density at radius 1 is 1.12 bits per heavy atom. The van der Waals surface area contributed by atoms with E-state index in [2.05, 4.69) is 10.3 Å². The number of carboxylic acids is 1. The summed E-state index contributed by atoms with van der Waals surface area (Å²) in [6, 6.07) is 15.4. The van der Waals surface area contributed by atoms with Crippen molar-refractivity contribution in [3.05, 3.63) is 76.0 Å². The van der Waals surface area contributed by atoms with Crippen LogP contribution in [0.4, 0.5) is 10.8 Å². The highest BCUT2D eigenvalue weighted by Crippen LogP contribution is 2.27. The molecule has 2 heterocycles. The summed E-state index contributed by atoms with van der Waals surface area (Å²) in [6.07, 6.45) is 0. The van der Waals surface area contributed by atoms with Crippen molar-refractivity contribution in [1.29, 1.82) is 0 Å². The van der Waals surface area contributed by atoms with E-state index in [1.54, 1.807) is 29.6 Å². The Hall–Kier alpha value is -3.45. The molecule has 0 bridgehead atoms. The Bertz CT molecular complexity index is 1160. The molecule has 0 amide bonds. The third-order valence-electron chi connectivity index (χ3n) is 3.80. The molecule has 0 saturated heterocycles. The standard InChI is InChI=1S/C19H12N2O4S/c22-17(23)11-5-7-13(8-6-11)20-19-21-15(10-26-19)14-9-12-3-1-2-4-16(12)25-18(14)24/h1-10H,(H,20,21)(H,22,23). The van der Waals surface area contributed by atoms with Gasteiger partial charge in [0.2, 0.25) is 0 Å². The Balaban J connectivity index is 1.63. The number of fused-ring (bicyclic) bond motifs is 1. The smallest absolute Gasteiger partial charge is 0.345 e. The molecule has 0 aliphatic heterocycles. The van der Waals surface area contributed by atoms with Crippen LogP contribution >= 0.6 is 11.3 Å². The topological polar surface area (TPSA) is 92.4 Å². The van der Waals surface area contributed by atoms with Crippen LogP contribution in [0.3, 0.4) is 0 Å². The molecule has 0 aliphatic rings. The molecule has 0 fully saturated rings. The monoisotopic (exact) mass is 364 g/mol. The van der Waals surface area contributed by atoms with Crippen LogP contribution < -0.4 is 10.9 Å². The molecular weight excluding hydrogens is 352 g/mol. The molecule has 6 nitrogen and oxygen atoms in total. The van der Waals surface area contributed by atoms with E-state index in [0.717, 1.165) is 5.39 Å². The summed E-state index contributed by atoms with van der Waals surface area (Å²) < 4.78 is 5.34. The van der Waals surface area contributed by atoms with Gasteiger partial charge in [-0.15, -0.1) is 11.3 Å². The number of anilines is 2. The number of carboxylic acid groups (broad SMARTS) is 1. The van der Waals surface area contributed by atoms with E-state index in [1.807, 2.05) is 18.2 Å². The van der Waals surface area contributed by atoms with Crippen LogP contribution in [0.2, 0.25) is 0 Å². The second kappa shape index (κ2) is 6.45. The van der Waals surface area contributed by atoms with Crippen molar-refractivity contribution >= 4 is 39.1 Å². The van der Waals surface area contributed by atoms with Crippen LogP contribution in [0, 0.1) is 0 Å². The number of nitrogens with zero attached hydrogens (tertiary/aromatic N) is 1. The SMILES string of the molecule is O=C(O)c1ccc(Nc2nc(-c3cc4ccccc4oc3=O)cs2)cc1. The Labute approximate surface area is 151 Å². The third-order valence-corrected chi connectivity index (χ3v) is 4.56. The molecule has 2 N–H and O–H groups in total. The number of aromatic carboxylic acids is 1. The number of benzene rings is 2. The zero-order chi connectivity index (χ0) is 18.1. The fraction of sp³-hybridized carbons (Fsp3) is 0. The van der Waals surface area contributed by atoms with Gasteiger partial charge in [-0.1, -0.05) is 18.2 Å². The van der Waals surface area contributed by atoms with Crippen molar-refractivity contribution in [2.24, 2.45) is 0 Å². The summed E-state index contributed by atoms with van der Waals surface area (Å²) in [5.41, 5.74) is 1.94. The number of aromatic nitrogens is 1. The van der Waals surface area contributed by atoms with E-state index in [0.29, 0.717) is 27.7 Å². The van der Waals surface area contributed by atoms with Crippen molar-refractivity contribution < 1.29 is 14.3 Å². The van der Waals surface area contributed by atoms with Gasteiger partial charge < -0.3 is 14.8 Å². The Kier molecular flexibility index (Phi) is 3.98. The fourth-order valence-corrected chi connectivity index (χ4v) is 3.25. The van der Waals surface area contributed by atoms with E-state index in [4.69, 9.17) is 9.52 Å². The zero-order valence-electron chi connectivity index (χ0n) is 13.3. The van der Waals surface area contributed by atoms with Gasteiger partial charge in [0, 0.05) is 16.5 Å². The molecule has 0 spiro atoms. The number of carbonyl (C=O) groups is 1. The number of para-hydroxylation sites is 1. The normalized spacial score (nSPS) is 10.8. The van der Waals surface area contributed by atoms with Crippen LogP contribution in [-0.2, 0) is 0 Å². The van der Waals surface area contributed by atoms with Gasteiger partial charge in [0.1, 0.15) is 5.58 Å². The number of hydrogen-bond donors (Lipinski definition) is 2. The molecule has 2 aromatic carbocycles. The highest BCUT2D eigenvalue weighted by molar-refractivity contribution is 7.14. The lowest BCUT2D eigenvalue weighted by Crippen LogP contribution is -2.03. The fourth-order valence-electron chi connectivity index (χ4n) is 2.51. The molecule has 0 radical (unpaired) electrons. The molecule has 0 unspecified atom stereocenters. The highest BCUT2D eigenvalue weighted by atomic mass is 32.1. The average molecular weight is 364 g/mol. The molecule has 0 atom stereocenters. The zero-order valence-corrected chi connectivity index (χ0v) is 14.1. The molecule has 2 aromatic heterocycles. The van der Waals surface area contributed by atoms with Crippen molar-refractivity contribution in [1.82, 2.24) is 4.98 Å². The second-order valence-electron chi connectivity index (χ2n) is 5.53. The molecule has 0 aliphatic carbocycles. The van der Waals surface area contributed by atoms with E-state index in [-0.39, 0.29) is 5.56 Å².